The summed E-state index contributed by atoms with van der Waals surface area (Å²) in [6.45, 7) is 4.61. The molecule has 8 nitrogen and oxygen atoms in total. The lowest BCUT2D eigenvalue weighted by molar-refractivity contribution is -0.870. The molecule has 1 amide bonds. The van der Waals surface area contributed by atoms with Crippen molar-refractivity contribution in [2.24, 2.45) is 0 Å². The summed E-state index contributed by atoms with van der Waals surface area (Å²) in [5, 5.41) is 13.6. The fourth-order valence-corrected chi connectivity index (χ4v) is 7.54. The van der Waals surface area contributed by atoms with Gasteiger partial charge < -0.3 is 19.8 Å². The number of phosphoric acid groups is 1. The summed E-state index contributed by atoms with van der Waals surface area (Å²) in [7, 11) is 1.61. The number of rotatable bonds is 43. The summed E-state index contributed by atoms with van der Waals surface area (Å²) in [6, 6.07) is -0.754. The van der Waals surface area contributed by atoms with Crippen LogP contribution in [-0.2, 0) is 18.4 Å². The van der Waals surface area contributed by atoms with Crippen molar-refractivity contribution in [3.05, 3.63) is 48.6 Å². The minimum atomic E-state index is -4.29. The molecule has 0 aliphatic carbocycles. The van der Waals surface area contributed by atoms with Crippen molar-refractivity contribution in [3.8, 4) is 0 Å². The monoisotopic (exact) mass is 838 g/mol. The fourth-order valence-electron chi connectivity index (χ4n) is 6.80. The molecule has 0 radical (unpaired) electrons. The van der Waals surface area contributed by atoms with E-state index in [0.717, 1.165) is 64.2 Å². The highest BCUT2D eigenvalue weighted by molar-refractivity contribution is 7.47. The number of amides is 1. The molecule has 0 heterocycles. The van der Waals surface area contributed by atoms with E-state index in [2.05, 4.69) is 67.8 Å². The van der Waals surface area contributed by atoms with Gasteiger partial charge in [-0.05, 0) is 51.4 Å². The van der Waals surface area contributed by atoms with Gasteiger partial charge in [0.05, 0.1) is 39.9 Å². The first-order chi connectivity index (χ1) is 28.0. The van der Waals surface area contributed by atoms with Crippen molar-refractivity contribution in [2.75, 3.05) is 40.9 Å². The minimum Gasteiger partial charge on any atom is -0.391 e. The van der Waals surface area contributed by atoms with Gasteiger partial charge in [-0.1, -0.05) is 197 Å². The van der Waals surface area contributed by atoms with E-state index in [-0.39, 0.29) is 19.1 Å². The second-order valence-electron chi connectivity index (χ2n) is 17.5. The molecule has 3 atom stereocenters. The first kappa shape index (κ1) is 56.5. The molecule has 9 heteroatoms. The molecule has 0 aromatic rings. The van der Waals surface area contributed by atoms with Crippen LogP contribution in [0.2, 0.25) is 0 Å². The van der Waals surface area contributed by atoms with E-state index >= 15 is 0 Å². The Hall–Kier alpha value is -1.54. The third-order valence-corrected chi connectivity index (χ3v) is 11.6. The van der Waals surface area contributed by atoms with E-state index in [1.807, 2.05) is 21.1 Å². The van der Waals surface area contributed by atoms with Crippen molar-refractivity contribution < 1.29 is 32.9 Å². The number of likely N-dealkylation sites (N-methyl/N-ethyl adjacent to an activating group) is 1. The van der Waals surface area contributed by atoms with Gasteiger partial charge in [-0.15, -0.1) is 0 Å². The molecule has 0 fully saturated rings. The number of carbonyl (C=O) groups excluding carboxylic acids is 1. The largest absolute Gasteiger partial charge is 0.472 e. The van der Waals surface area contributed by atoms with Crippen LogP contribution in [0.3, 0.4) is 0 Å². The normalized spacial score (nSPS) is 14.7. The predicted octanol–water partition coefficient (Wildman–Crippen LogP) is 13.6. The summed E-state index contributed by atoms with van der Waals surface area (Å²) in [5.41, 5.74) is 0. The standard InChI is InChI=1S/C49H93N2O6P/c1-6-8-10-11-12-13-14-15-16-17-18-19-20-21-22-23-24-25-26-27-28-29-30-31-32-33-34-35-36-37-38-39-41-43-49(53)50-47(48(52)42-40-9-7-2)46-57-58(54,55)56-45-44-51(3,4)5/h8,10,12-13,15-16,18-19,47-48,52H,6-7,9,11,14,17,20-46H2,1-5H3,(H-,50,53,54,55)/p+1/b10-8-,13-12-,16-15-,19-18-. The molecule has 0 aliphatic heterocycles. The van der Waals surface area contributed by atoms with Gasteiger partial charge in [0.25, 0.3) is 0 Å². The van der Waals surface area contributed by atoms with Crippen LogP contribution in [0.15, 0.2) is 48.6 Å². The molecule has 0 aromatic carbocycles. The number of nitrogens with zero attached hydrogens (tertiary/aromatic N) is 1. The Kier molecular flexibility index (Phi) is 39.8. The molecule has 0 aromatic heterocycles. The Balaban J connectivity index is 3.72. The topological polar surface area (TPSA) is 105 Å². The highest BCUT2D eigenvalue weighted by Gasteiger charge is 2.28. The van der Waals surface area contributed by atoms with Gasteiger partial charge in [-0.2, -0.15) is 0 Å². The maximum atomic E-state index is 12.7. The second-order valence-corrected chi connectivity index (χ2v) is 18.9. The van der Waals surface area contributed by atoms with E-state index in [0.29, 0.717) is 23.9 Å². The Morgan fingerprint density at radius 2 is 1.03 bits per heavy atom. The van der Waals surface area contributed by atoms with Crippen LogP contribution < -0.4 is 5.32 Å². The Morgan fingerprint density at radius 3 is 1.48 bits per heavy atom. The molecule has 0 spiro atoms. The number of allylic oxidation sites excluding steroid dienone is 8. The third-order valence-electron chi connectivity index (χ3n) is 10.6. The molecular formula is C49H94N2O6P+. The molecule has 0 aliphatic rings. The summed E-state index contributed by atoms with van der Waals surface area (Å²) in [6.07, 6.45) is 52.6. The first-order valence-corrected chi connectivity index (χ1v) is 25.5. The maximum Gasteiger partial charge on any atom is 0.472 e. The van der Waals surface area contributed by atoms with Crippen LogP contribution in [0.1, 0.15) is 206 Å². The molecule has 0 saturated carbocycles. The molecule has 0 bridgehead atoms. The summed E-state index contributed by atoms with van der Waals surface area (Å²) in [4.78, 5) is 22.8. The Bertz CT molecular complexity index is 1090. The van der Waals surface area contributed by atoms with Crippen LogP contribution in [-0.4, -0.2) is 73.4 Å². The first-order valence-electron chi connectivity index (χ1n) is 24.0. The number of aliphatic hydroxyl groups is 1. The summed E-state index contributed by atoms with van der Waals surface area (Å²) >= 11 is 0. The SMILES string of the molecule is CC/C=C\C/C=C\C/C=C\C/C=C\CCCCCCCCCCCCCCCCCCCCCCC(=O)NC(COP(=O)(O)OCC[N+](C)(C)C)C(O)CCCCC. The van der Waals surface area contributed by atoms with Crippen LogP contribution in [0, 0.1) is 0 Å². The average molecular weight is 838 g/mol. The smallest absolute Gasteiger partial charge is 0.391 e. The van der Waals surface area contributed by atoms with E-state index in [9.17, 15) is 19.4 Å². The van der Waals surface area contributed by atoms with Crippen molar-refractivity contribution in [1.82, 2.24) is 5.32 Å². The highest BCUT2D eigenvalue weighted by Crippen LogP contribution is 2.43. The number of phosphoric ester groups is 1. The summed E-state index contributed by atoms with van der Waals surface area (Å²) < 4.78 is 23.3. The Labute approximate surface area is 359 Å². The zero-order valence-electron chi connectivity index (χ0n) is 38.5. The highest BCUT2D eigenvalue weighted by atomic mass is 31.2. The molecule has 3 N–H and O–H groups in total. The lowest BCUT2D eigenvalue weighted by Gasteiger charge is -2.26. The van der Waals surface area contributed by atoms with Gasteiger partial charge in [-0.25, -0.2) is 4.57 Å². The quantitative estimate of drug-likeness (QED) is 0.0244. The van der Waals surface area contributed by atoms with E-state index in [4.69, 9.17) is 9.05 Å². The van der Waals surface area contributed by atoms with E-state index < -0.39 is 20.0 Å². The third kappa shape index (κ3) is 42.6. The molecule has 3 unspecified atom stereocenters. The number of quaternary nitrogens is 1. The zero-order chi connectivity index (χ0) is 42.8. The van der Waals surface area contributed by atoms with Gasteiger partial charge in [-0.3, -0.25) is 13.8 Å². The van der Waals surface area contributed by atoms with Gasteiger partial charge in [0.1, 0.15) is 13.2 Å². The molecule has 58 heavy (non-hydrogen) atoms. The van der Waals surface area contributed by atoms with Crippen molar-refractivity contribution >= 4 is 13.7 Å². The number of aliphatic hydroxyl groups excluding tert-OH is 1. The molecule has 340 valence electrons. The van der Waals surface area contributed by atoms with Crippen molar-refractivity contribution in [3.63, 3.8) is 0 Å². The fraction of sp³-hybridized carbons (Fsp3) is 0.816. The van der Waals surface area contributed by atoms with Gasteiger partial charge in [0.15, 0.2) is 0 Å². The number of carbonyl (C=O) groups is 1. The van der Waals surface area contributed by atoms with Crippen LogP contribution in [0.5, 0.6) is 0 Å². The average Bonchev–Trinajstić information content (AvgIpc) is 3.17. The lowest BCUT2D eigenvalue weighted by Crippen LogP contribution is -2.46. The van der Waals surface area contributed by atoms with Gasteiger partial charge in [0.2, 0.25) is 5.91 Å². The van der Waals surface area contributed by atoms with Crippen LogP contribution in [0.25, 0.3) is 0 Å². The zero-order valence-corrected chi connectivity index (χ0v) is 39.4. The summed E-state index contributed by atoms with van der Waals surface area (Å²) in [5.74, 6) is -0.155. The van der Waals surface area contributed by atoms with Crippen LogP contribution in [0.4, 0.5) is 0 Å². The van der Waals surface area contributed by atoms with Gasteiger partial charge >= 0.3 is 7.82 Å². The predicted molar refractivity (Wildman–Crippen MR) is 249 cm³/mol. The molecule has 0 saturated heterocycles. The molecule has 0 rings (SSSR count). The van der Waals surface area contributed by atoms with Crippen molar-refractivity contribution in [1.29, 1.82) is 0 Å². The van der Waals surface area contributed by atoms with Crippen molar-refractivity contribution in [2.45, 2.75) is 219 Å². The number of hydrogen-bond acceptors (Lipinski definition) is 5. The van der Waals surface area contributed by atoms with E-state index in [1.54, 1.807) is 0 Å². The Morgan fingerprint density at radius 1 is 0.603 bits per heavy atom. The lowest BCUT2D eigenvalue weighted by atomic mass is 10.0. The minimum absolute atomic E-state index is 0.0733. The number of unbranched alkanes of at least 4 members (excludes halogenated alkanes) is 22. The van der Waals surface area contributed by atoms with Crippen LogP contribution >= 0.6 is 7.82 Å². The molecular weight excluding hydrogens is 744 g/mol. The maximum absolute atomic E-state index is 12.7. The number of nitrogens with one attached hydrogen (secondary N) is 1. The van der Waals surface area contributed by atoms with Gasteiger partial charge in [0, 0.05) is 6.42 Å². The number of hydrogen-bond donors (Lipinski definition) is 3. The second kappa shape index (κ2) is 40.8. The van der Waals surface area contributed by atoms with E-state index in [1.165, 1.54) is 116 Å².